The lowest BCUT2D eigenvalue weighted by atomic mass is 9.95. The molecule has 0 fully saturated rings. The van der Waals surface area contributed by atoms with Crippen molar-refractivity contribution in [3.63, 3.8) is 0 Å². The van der Waals surface area contributed by atoms with E-state index < -0.39 is 12.0 Å². The van der Waals surface area contributed by atoms with Gasteiger partial charge in [-0.15, -0.1) is 0 Å². The Morgan fingerprint density at radius 2 is 1.95 bits per heavy atom. The van der Waals surface area contributed by atoms with Gasteiger partial charge in [0, 0.05) is 12.1 Å². The third-order valence-corrected chi connectivity index (χ3v) is 3.28. The number of benzene rings is 2. The van der Waals surface area contributed by atoms with Crippen molar-refractivity contribution in [2.75, 3.05) is 7.05 Å². The van der Waals surface area contributed by atoms with Crippen LogP contribution >= 0.6 is 0 Å². The second-order valence-electron chi connectivity index (χ2n) is 4.63. The quantitative estimate of drug-likeness (QED) is 0.765. The Bertz CT molecular complexity index is 583. The van der Waals surface area contributed by atoms with Gasteiger partial charge in [0.15, 0.2) is 0 Å². The lowest BCUT2D eigenvalue weighted by molar-refractivity contribution is -0.137. The average Bonchev–Trinajstić information content (AvgIpc) is 2.38. The summed E-state index contributed by atoms with van der Waals surface area (Å²) in [6, 6.07) is 13.5. The second kappa shape index (κ2) is 5.82. The molecule has 0 spiro atoms. The fraction of sp³-hybridized carbons (Fsp3) is 0.267. The number of likely N-dealkylation sites (N-methyl/N-ethyl adjacent to an activating group) is 1. The Kier molecular flexibility index (Phi) is 4.14. The van der Waals surface area contributed by atoms with Crippen molar-refractivity contribution in [2.45, 2.75) is 18.5 Å². The summed E-state index contributed by atoms with van der Waals surface area (Å²) in [7, 11) is 1.79. The summed E-state index contributed by atoms with van der Waals surface area (Å²) < 4.78 is 0. The maximum absolute atomic E-state index is 10.8. The average molecular weight is 258 g/mol. The van der Waals surface area contributed by atoms with E-state index in [9.17, 15) is 4.79 Å². The number of fused-ring (bicyclic) bond motifs is 1. The zero-order chi connectivity index (χ0) is 13.8. The highest BCUT2D eigenvalue weighted by atomic mass is 16.4. The van der Waals surface area contributed by atoms with Gasteiger partial charge in [0.25, 0.3) is 0 Å². The van der Waals surface area contributed by atoms with Crippen LogP contribution < -0.4 is 11.1 Å². The van der Waals surface area contributed by atoms with Crippen LogP contribution in [0, 0.1) is 0 Å². The number of aliphatic carboxylic acids is 1. The van der Waals surface area contributed by atoms with Gasteiger partial charge in [-0.05, 0) is 29.4 Å². The summed E-state index contributed by atoms with van der Waals surface area (Å²) in [4.78, 5) is 10.8. The minimum atomic E-state index is -0.881. The number of carboxylic acid groups (broad SMARTS) is 1. The molecule has 0 heterocycles. The van der Waals surface area contributed by atoms with E-state index in [1.165, 1.54) is 0 Å². The summed E-state index contributed by atoms with van der Waals surface area (Å²) >= 11 is 0. The first-order valence-electron chi connectivity index (χ1n) is 6.25. The maximum Gasteiger partial charge on any atom is 0.304 e. The Morgan fingerprint density at radius 3 is 2.58 bits per heavy atom. The van der Waals surface area contributed by atoms with E-state index >= 15 is 0 Å². The van der Waals surface area contributed by atoms with Gasteiger partial charge in [0.2, 0.25) is 0 Å². The van der Waals surface area contributed by atoms with Gasteiger partial charge in [-0.1, -0.05) is 36.4 Å². The monoisotopic (exact) mass is 258 g/mol. The zero-order valence-corrected chi connectivity index (χ0v) is 10.8. The minimum Gasteiger partial charge on any atom is -0.481 e. The number of hydrogen-bond acceptors (Lipinski definition) is 3. The number of nitrogens with one attached hydrogen (secondary N) is 1. The Balaban J connectivity index is 2.32. The van der Waals surface area contributed by atoms with Crippen molar-refractivity contribution in [1.82, 2.24) is 5.32 Å². The summed E-state index contributed by atoms with van der Waals surface area (Å²) in [5.41, 5.74) is 6.97. The molecule has 2 unspecified atom stereocenters. The molecule has 4 heteroatoms. The number of carbonyl (C=O) groups is 1. The van der Waals surface area contributed by atoms with Crippen LogP contribution in [0.4, 0.5) is 0 Å². The van der Waals surface area contributed by atoms with Crippen molar-refractivity contribution < 1.29 is 9.90 Å². The molecule has 0 radical (unpaired) electrons. The molecule has 2 aromatic rings. The van der Waals surface area contributed by atoms with Gasteiger partial charge in [0.1, 0.15) is 0 Å². The standard InChI is InChI=1S/C15H18N2O2/c1-17-15(13(16)9-14(18)19)12-7-6-10-4-2-3-5-11(10)8-12/h2-8,13,15,17H,9,16H2,1H3,(H,18,19). The van der Waals surface area contributed by atoms with E-state index in [1.54, 1.807) is 7.05 Å². The molecule has 0 saturated carbocycles. The molecule has 2 rings (SSSR count). The summed E-state index contributed by atoms with van der Waals surface area (Å²) in [6.07, 6.45) is -0.0572. The predicted octanol–water partition coefficient (Wildman–Crippen LogP) is 1.90. The number of rotatable bonds is 5. The lowest BCUT2D eigenvalue weighted by Gasteiger charge is -2.23. The number of hydrogen-bond donors (Lipinski definition) is 3. The highest BCUT2D eigenvalue weighted by Crippen LogP contribution is 2.22. The molecule has 2 aromatic carbocycles. The van der Waals surface area contributed by atoms with Gasteiger partial charge in [0.05, 0.1) is 6.42 Å². The van der Waals surface area contributed by atoms with Crippen LogP contribution in [0.15, 0.2) is 42.5 Å². The molecule has 0 aromatic heterocycles. The smallest absolute Gasteiger partial charge is 0.304 e. The summed E-state index contributed by atoms with van der Waals surface area (Å²) in [5.74, 6) is -0.881. The van der Waals surface area contributed by atoms with E-state index in [0.717, 1.165) is 16.3 Å². The van der Waals surface area contributed by atoms with Gasteiger partial charge >= 0.3 is 5.97 Å². The van der Waals surface area contributed by atoms with Crippen LogP contribution in [0.25, 0.3) is 10.8 Å². The number of nitrogens with two attached hydrogens (primary N) is 1. The molecule has 2 atom stereocenters. The number of carboxylic acids is 1. The van der Waals surface area contributed by atoms with Crippen molar-refractivity contribution >= 4 is 16.7 Å². The normalized spacial score (nSPS) is 14.2. The topological polar surface area (TPSA) is 75.3 Å². The second-order valence-corrected chi connectivity index (χ2v) is 4.63. The van der Waals surface area contributed by atoms with Gasteiger partial charge < -0.3 is 16.2 Å². The lowest BCUT2D eigenvalue weighted by Crippen LogP contribution is -2.37. The van der Waals surface area contributed by atoms with Crippen molar-refractivity contribution in [2.24, 2.45) is 5.73 Å². The van der Waals surface area contributed by atoms with E-state index in [4.69, 9.17) is 10.8 Å². The summed E-state index contributed by atoms with van der Waals surface area (Å²) in [6.45, 7) is 0. The minimum absolute atomic E-state index is 0.0572. The molecular weight excluding hydrogens is 240 g/mol. The fourth-order valence-electron chi connectivity index (χ4n) is 2.35. The molecule has 0 saturated heterocycles. The zero-order valence-electron chi connectivity index (χ0n) is 10.8. The SMILES string of the molecule is CNC(c1ccc2ccccc2c1)C(N)CC(=O)O. The molecule has 4 nitrogen and oxygen atoms in total. The van der Waals surface area contributed by atoms with Crippen LogP contribution in [-0.4, -0.2) is 24.2 Å². The van der Waals surface area contributed by atoms with Crippen molar-refractivity contribution in [3.05, 3.63) is 48.0 Å². The molecule has 0 amide bonds. The molecule has 0 aliphatic carbocycles. The third-order valence-electron chi connectivity index (χ3n) is 3.28. The largest absolute Gasteiger partial charge is 0.481 e. The Labute approximate surface area is 112 Å². The van der Waals surface area contributed by atoms with E-state index in [1.807, 2.05) is 36.4 Å². The van der Waals surface area contributed by atoms with Crippen LogP contribution in [0.2, 0.25) is 0 Å². The molecular formula is C15H18N2O2. The third kappa shape index (κ3) is 3.10. The van der Waals surface area contributed by atoms with Gasteiger partial charge in [-0.2, -0.15) is 0 Å². The van der Waals surface area contributed by atoms with Gasteiger partial charge in [-0.25, -0.2) is 0 Å². The van der Waals surface area contributed by atoms with Crippen molar-refractivity contribution in [3.8, 4) is 0 Å². The highest BCUT2D eigenvalue weighted by Gasteiger charge is 2.20. The molecule has 0 aliphatic heterocycles. The van der Waals surface area contributed by atoms with Crippen molar-refractivity contribution in [1.29, 1.82) is 0 Å². The highest BCUT2D eigenvalue weighted by molar-refractivity contribution is 5.83. The van der Waals surface area contributed by atoms with Crippen LogP contribution in [0.5, 0.6) is 0 Å². The first-order valence-corrected chi connectivity index (χ1v) is 6.25. The Morgan fingerprint density at radius 1 is 1.26 bits per heavy atom. The molecule has 0 bridgehead atoms. The van der Waals surface area contributed by atoms with E-state index in [2.05, 4.69) is 11.4 Å². The first-order chi connectivity index (χ1) is 9.11. The van der Waals surface area contributed by atoms with E-state index in [-0.39, 0.29) is 12.5 Å². The molecule has 0 aliphatic rings. The Hall–Kier alpha value is -1.91. The molecule has 100 valence electrons. The van der Waals surface area contributed by atoms with Gasteiger partial charge in [-0.3, -0.25) is 4.79 Å². The van der Waals surface area contributed by atoms with Crippen LogP contribution in [0.1, 0.15) is 18.0 Å². The first kappa shape index (κ1) is 13.5. The predicted molar refractivity (Wildman–Crippen MR) is 76.0 cm³/mol. The fourth-order valence-corrected chi connectivity index (χ4v) is 2.35. The van der Waals surface area contributed by atoms with Crippen LogP contribution in [0.3, 0.4) is 0 Å². The molecule has 19 heavy (non-hydrogen) atoms. The van der Waals surface area contributed by atoms with Crippen LogP contribution in [-0.2, 0) is 4.79 Å². The molecule has 4 N–H and O–H groups in total. The maximum atomic E-state index is 10.8. The van der Waals surface area contributed by atoms with E-state index in [0.29, 0.717) is 0 Å². The summed E-state index contributed by atoms with van der Waals surface area (Å²) in [5, 5.41) is 14.2.